The molecule has 60 valence electrons. The van der Waals surface area contributed by atoms with Gasteiger partial charge in [-0.15, -0.1) is 0 Å². The van der Waals surface area contributed by atoms with Gasteiger partial charge in [-0.1, -0.05) is 11.6 Å². The first-order valence-electron chi connectivity index (χ1n) is 2.60. The minimum absolute atomic E-state index is 0.395. The fraction of sp³-hybridized carbons (Fsp3) is 0.600. The van der Waals surface area contributed by atoms with E-state index in [0.29, 0.717) is 5.03 Å². The predicted molar refractivity (Wildman–Crippen MR) is 41.2 cm³/mol. The molecule has 10 heavy (non-hydrogen) atoms. The lowest BCUT2D eigenvalue weighted by atomic mass is 10.8. The molecule has 5 heteroatoms. The Bertz CT molecular complexity index is 166. The molecule has 0 aromatic rings. The summed E-state index contributed by atoms with van der Waals surface area (Å²) in [4.78, 5) is 0. The average molecular weight is 185 g/mol. The summed E-state index contributed by atoms with van der Waals surface area (Å²) in [5.74, 6) is 1.26. The third kappa shape index (κ3) is 3.37. The molecule has 0 aliphatic carbocycles. The zero-order chi connectivity index (χ0) is 8.20. The average Bonchev–Trinajstić information content (AvgIpc) is 1.87. The lowest BCUT2D eigenvalue weighted by Crippen LogP contribution is -1.83. The molecule has 0 rings (SSSR count). The molecule has 0 N–H and O–H groups in total. The standard InChI is InChI=1S/C5H10ClO3P/c1-5(6)4-10(7,8-2)9-3/h4H,1-3H3/b5-4+. The first-order chi connectivity index (χ1) is 4.54. The van der Waals surface area contributed by atoms with Gasteiger partial charge in [0.15, 0.2) is 0 Å². The van der Waals surface area contributed by atoms with Gasteiger partial charge in [-0.05, 0) is 6.92 Å². The molecule has 0 radical (unpaired) electrons. The largest absolute Gasteiger partial charge is 0.354 e. The van der Waals surface area contributed by atoms with Crippen LogP contribution in [0.15, 0.2) is 10.8 Å². The van der Waals surface area contributed by atoms with Gasteiger partial charge in [0.2, 0.25) is 0 Å². The summed E-state index contributed by atoms with van der Waals surface area (Å²) >= 11 is 5.45. The van der Waals surface area contributed by atoms with Crippen LogP contribution in [0, 0.1) is 0 Å². The minimum Gasteiger partial charge on any atom is -0.309 e. The maximum atomic E-state index is 11.2. The summed E-state index contributed by atoms with van der Waals surface area (Å²) in [6, 6.07) is 0. The second-order valence-corrected chi connectivity index (χ2v) is 4.29. The predicted octanol–water partition coefficient (Wildman–Crippen LogP) is 2.57. The molecule has 0 spiro atoms. The Labute approximate surface area is 65.5 Å². The number of halogens is 1. The van der Waals surface area contributed by atoms with Crippen LogP contribution >= 0.6 is 19.2 Å². The van der Waals surface area contributed by atoms with Gasteiger partial charge in [0.1, 0.15) is 0 Å². The van der Waals surface area contributed by atoms with Crippen molar-refractivity contribution in [3.8, 4) is 0 Å². The van der Waals surface area contributed by atoms with Crippen molar-refractivity contribution in [3.05, 3.63) is 10.8 Å². The van der Waals surface area contributed by atoms with Crippen molar-refractivity contribution < 1.29 is 13.6 Å². The normalized spacial score (nSPS) is 13.8. The van der Waals surface area contributed by atoms with Crippen LogP contribution in [-0.2, 0) is 13.6 Å². The molecule has 0 aromatic heterocycles. The topological polar surface area (TPSA) is 35.5 Å². The molecule has 0 bridgehead atoms. The van der Waals surface area contributed by atoms with Crippen molar-refractivity contribution in [1.82, 2.24) is 0 Å². The van der Waals surface area contributed by atoms with E-state index in [1.165, 1.54) is 20.0 Å². The Morgan fingerprint density at radius 1 is 1.50 bits per heavy atom. The van der Waals surface area contributed by atoms with E-state index in [0.717, 1.165) is 0 Å². The van der Waals surface area contributed by atoms with E-state index < -0.39 is 7.60 Å². The van der Waals surface area contributed by atoms with E-state index in [1.54, 1.807) is 6.92 Å². The molecule has 0 fully saturated rings. The quantitative estimate of drug-likeness (QED) is 0.633. The van der Waals surface area contributed by atoms with Crippen LogP contribution in [0.3, 0.4) is 0 Å². The minimum atomic E-state index is -3.03. The molecule has 0 unspecified atom stereocenters. The maximum absolute atomic E-state index is 11.2. The molecule has 0 heterocycles. The highest BCUT2D eigenvalue weighted by Gasteiger charge is 2.16. The highest BCUT2D eigenvalue weighted by atomic mass is 35.5. The van der Waals surface area contributed by atoms with Crippen molar-refractivity contribution in [2.24, 2.45) is 0 Å². The Morgan fingerprint density at radius 2 is 1.90 bits per heavy atom. The number of hydrogen-bond donors (Lipinski definition) is 0. The molecule has 0 aliphatic heterocycles. The summed E-state index contributed by atoms with van der Waals surface area (Å²) in [5.41, 5.74) is 0. The fourth-order valence-electron chi connectivity index (χ4n) is 0.398. The number of hydrogen-bond acceptors (Lipinski definition) is 3. The molecule has 0 aromatic carbocycles. The van der Waals surface area contributed by atoms with Gasteiger partial charge in [-0.25, -0.2) is 0 Å². The molecule has 0 saturated carbocycles. The van der Waals surface area contributed by atoms with Gasteiger partial charge in [0.25, 0.3) is 0 Å². The highest BCUT2D eigenvalue weighted by molar-refractivity contribution is 7.57. The zero-order valence-corrected chi connectivity index (χ0v) is 7.78. The second-order valence-electron chi connectivity index (χ2n) is 1.62. The lowest BCUT2D eigenvalue weighted by molar-refractivity contribution is 0.286. The molecular formula is C5H10ClO3P. The van der Waals surface area contributed by atoms with E-state index in [-0.39, 0.29) is 0 Å². The highest BCUT2D eigenvalue weighted by Crippen LogP contribution is 2.49. The van der Waals surface area contributed by atoms with Crippen molar-refractivity contribution in [2.45, 2.75) is 6.92 Å². The fourth-order valence-corrected chi connectivity index (χ4v) is 1.55. The van der Waals surface area contributed by atoms with Crippen LogP contribution in [0.5, 0.6) is 0 Å². The van der Waals surface area contributed by atoms with Gasteiger partial charge in [-0.3, -0.25) is 4.57 Å². The monoisotopic (exact) mass is 184 g/mol. The molecule has 3 nitrogen and oxygen atoms in total. The van der Waals surface area contributed by atoms with Crippen molar-refractivity contribution in [3.63, 3.8) is 0 Å². The second kappa shape index (κ2) is 4.14. The Kier molecular flexibility index (Phi) is 4.22. The summed E-state index contributed by atoms with van der Waals surface area (Å²) in [6.07, 6.45) is 0. The van der Waals surface area contributed by atoms with E-state index in [9.17, 15) is 4.57 Å². The van der Waals surface area contributed by atoms with Gasteiger partial charge in [0.05, 0.1) is 0 Å². The van der Waals surface area contributed by atoms with Crippen LogP contribution in [0.25, 0.3) is 0 Å². The number of allylic oxidation sites excluding steroid dienone is 1. The van der Waals surface area contributed by atoms with Gasteiger partial charge < -0.3 is 9.05 Å². The maximum Gasteiger partial charge on any atom is 0.354 e. The first-order valence-corrected chi connectivity index (χ1v) is 4.59. The SMILES string of the molecule is COP(=O)(/C=C(\C)Cl)OC. The summed E-state index contributed by atoms with van der Waals surface area (Å²) in [7, 11) is -0.419. The van der Waals surface area contributed by atoms with Crippen molar-refractivity contribution in [1.29, 1.82) is 0 Å². The molecule has 0 amide bonds. The number of rotatable bonds is 3. The van der Waals surface area contributed by atoms with E-state index in [4.69, 9.17) is 11.6 Å². The van der Waals surface area contributed by atoms with E-state index in [2.05, 4.69) is 9.05 Å². The van der Waals surface area contributed by atoms with Crippen molar-refractivity contribution >= 4 is 19.2 Å². The van der Waals surface area contributed by atoms with Crippen LogP contribution < -0.4 is 0 Å². The Morgan fingerprint density at radius 3 is 2.00 bits per heavy atom. The zero-order valence-electron chi connectivity index (χ0n) is 6.13. The molecule has 0 aliphatic rings. The van der Waals surface area contributed by atoms with Crippen LogP contribution in [0.1, 0.15) is 6.92 Å². The van der Waals surface area contributed by atoms with Gasteiger partial charge >= 0.3 is 7.60 Å². The van der Waals surface area contributed by atoms with Crippen LogP contribution in [0.2, 0.25) is 0 Å². The first kappa shape index (κ1) is 10.2. The van der Waals surface area contributed by atoms with E-state index >= 15 is 0 Å². The third-order valence-corrected chi connectivity index (χ3v) is 2.83. The molecule has 0 saturated heterocycles. The summed E-state index contributed by atoms with van der Waals surface area (Å²) in [6.45, 7) is 1.60. The third-order valence-electron chi connectivity index (χ3n) is 0.845. The van der Waals surface area contributed by atoms with Gasteiger partial charge in [0, 0.05) is 25.1 Å². The summed E-state index contributed by atoms with van der Waals surface area (Å²) < 4.78 is 20.3. The van der Waals surface area contributed by atoms with Crippen molar-refractivity contribution in [2.75, 3.05) is 14.2 Å². The van der Waals surface area contributed by atoms with Gasteiger partial charge in [-0.2, -0.15) is 0 Å². The lowest BCUT2D eigenvalue weighted by Gasteiger charge is -2.07. The molecular weight excluding hydrogens is 174 g/mol. The Balaban J connectivity index is 4.37. The smallest absolute Gasteiger partial charge is 0.309 e. The van der Waals surface area contributed by atoms with Crippen LogP contribution in [-0.4, -0.2) is 14.2 Å². The molecule has 0 atom stereocenters. The Hall–Kier alpha value is 0.180. The summed E-state index contributed by atoms with van der Waals surface area (Å²) in [5, 5.41) is 0.395. The van der Waals surface area contributed by atoms with E-state index in [1.807, 2.05) is 0 Å². The van der Waals surface area contributed by atoms with Crippen LogP contribution in [0.4, 0.5) is 0 Å².